The first-order valence-corrected chi connectivity index (χ1v) is 11.9. The summed E-state index contributed by atoms with van der Waals surface area (Å²) in [6, 6.07) is 10.2. The van der Waals surface area contributed by atoms with E-state index in [1.54, 1.807) is 0 Å². The van der Waals surface area contributed by atoms with Gasteiger partial charge in [-0.25, -0.2) is 0 Å². The highest BCUT2D eigenvalue weighted by molar-refractivity contribution is 5.91. The second-order valence-electron chi connectivity index (χ2n) is 11.1. The van der Waals surface area contributed by atoms with Crippen LogP contribution in [0.5, 0.6) is 5.75 Å². The van der Waals surface area contributed by atoms with Crippen LogP contribution in [0.3, 0.4) is 0 Å². The van der Waals surface area contributed by atoms with E-state index in [1.165, 1.54) is 18.5 Å². The van der Waals surface area contributed by atoms with Crippen LogP contribution in [0, 0.1) is 39.9 Å². The van der Waals surface area contributed by atoms with Crippen molar-refractivity contribution in [2.24, 2.45) is 28.6 Å². The van der Waals surface area contributed by atoms with Gasteiger partial charge in [-0.1, -0.05) is 13.8 Å². The topological polar surface area (TPSA) is 53.3 Å². The van der Waals surface area contributed by atoms with Crippen LogP contribution >= 0.6 is 0 Å². The van der Waals surface area contributed by atoms with Crippen LogP contribution in [0.2, 0.25) is 0 Å². The lowest BCUT2D eigenvalue weighted by molar-refractivity contribution is -0.121. The predicted molar refractivity (Wildman–Crippen MR) is 120 cm³/mol. The normalized spacial score (nSPS) is 41.5. The molecule has 164 valence electrons. The molecule has 0 aromatic heterocycles. The molecule has 7 atom stereocenters. The number of piperidine rings is 1. The van der Waals surface area contributed by atoms with Crippen molar-refractivity contribution in [3.63, 3.8) is 0 Å². The Morgan fingerprint density at radius 2 is 1.90 bits per heavy atom. The number of likely N-dealkylation sites (tertiary alicyclic amines) is 1. The summed E-state index contributed by atoms with van der Waals surface area (Å²) in [4.78, 5) is 14.7. The number of hydrogen-bond acceptors (Lipinski definition) is 4. The molecular weight excluding hydrogens is 384 g/mol. The summed E-state index contributed by atoms with van der Waals surface area (Å²) in [5.74, 6) is 3.09. The molecule has 0 radical (unpaired) electrons. The van der Waals surface area contributed by atoms with Gasteiger partial charge in [0.15, 0.2) is 5.78 Å². The van der Waals surface area contributed by atoms with E-state index in [9.17, 15) is 4.79 Å². The summed E-state index contributed by atoms with van der Waals surface area (Å²) in [6.45, 7) is 7.28. The highest BCUT2D eigenvalue weighted by Gasteiger charge is 2.61. The number of carbonyl (C=O) groups excluding carboxylic acids is 1. The molecule has 1 aliphatic heterocycles. The molecule has 0 bridgehead atoms. The third kappa shape index (κ3) is 3.12. The zero-order valence-corrected chi connectivity index (χ0v) is 19.2. The number of carbonyl (C=O) groups is 1. The van der Waals surface area contributed by atoms with Crippen LogP contribution in [0.15, 0.2) is 36.0 Å². The fourth-order valence-corrected chi connectivity index (χ4v) is 7.75. The monoisotopic (exact) mass is 418 g/mol. The van der Waals surface area contributed by atoms with E-state index in [-0.39, 0.29) is 11.5 Å². The van der Waals surface area contributed by atoms with Crippen molar-refractivity contribution in [1.82, 2.24) is 4.90 Å². The fraction of sp³-hybridized carbons (Fsp3) is 0.630. The summed E-state index contributed by atoms with van der Waals surface area (Å²) in [5.41, 5.74) is 2.39. The van der Waals surface area contributed by atoms with E-state index in [2.05, 4.69) is 38.8 Å². The zero-order chi connectivity index (χ0) is 22.0. The molecule has 0 amide bonds. The first kappa shape index (κ1) is 20.6. The van der Waals surface area contributed by atoms with E-state index in [4.69, 9.17) is 10.00 Å². The molecule has 1 heterocycles. The third-order valence-corrected chi connectivity index (χ3v) is 9.49. The van der Waals surface area contributed by atoms with E-state index in [0.717, 1.165) is 25.0 Å². The number of benzene rings is 1. The van der Waals surface area contributed by atoms with Crippen LogP contribution in [-0.2, 0) is 4.79 Å². The largest absolute Gasteiger partial charge is 0.490 e. The third-order valence-electron chi connectivity index (χ3n) is 9.49. The maximum Gasteiger partial charge on any atom is 0.157 e. The number of ether oxygens (including phenoxy) is 1. The van der Waals surface area contributed by atoms with Crippen molar-refractivity contribution in [2.75, 3.05) is 7.05 Å². The molecule has 1 aromatic carbocycles. The van der Waals surface area contributed by atoms with Crippen molar-refractivity contribution in [3.8, 4) is 11.8 Å². The minimum Gasteiger partial charge on any atom is -0.490 e. The van der Waals surface area contributed by atoms with Crippen molar-refractivity contribution < 1.29 is 9.53 Å². The summed E-state index contributed by atoms with van der Waals surface area (Å²) in [7, 11) is 2.20. The molecule has 0 N–H and O–H groups in total. The Balaban J connectivity index is 1.42. The van der Waals surface area contributed by atoms with Crippen LogP contribution in [0.1, 0.15) is 64.9 Å². The second-order valence-corrected chi connectivity index (χ2v) is 11.1. The average molecular weight is 419 g/mol. The smallest absolute Gasteiger partial charge is 0.157 e. The number of nitrogens with zero attached hydrogens (tertiary/aromatic N) is 2. The maximum atomic E-state index is 12.2. The van der Waals surface area contributed by atoms with Gasteiger partial charge in [0.1, 0.15) is 5.75 Å². The quantitative estimate of drug-likeness (QED) is 0.651. The Morgan fingerprint density at radius 3 is 2.61 bits per heavy atom. The number of hydrogen-bond donors (Lipinski definition) is 0. The van der Waals surface area contributed by atoms with Gasteiger partial charge in [-0.2, -0.15) is 5.26 Å². The zero-order valence-electron chi connectivity index (χ0n) is 19.2. The number of ketones is 1. The van der Waals surface area contributed by atoms with Gasteiger partial charge in [0.05, 0.1) is 17.7 Å². The lowest BCUT2D eigenvalue weighted by atomic mass is 9.49. The van der Waals surface area contributed by atoms with Gasteiger partial charge in [-0.3, -0.25) is 4.79 Å². The van der Waals surface area contributed by atoms with Gasteiger partial charge in [0.25, 0.3) is 0 Å². The molecule has 4 heteroatoms. The Bertz CT molecular complexity index is 960. The molecule has 1 saturated heterocycles. The molecule has 4 aliphatic rings. The fourth-order valence-electron chi connectivity index (χ4n) is 7.75. The van der Waals surface area contributed by atoms with E-state index in [1.807, 2.05) is 30.3 Å². The molecule has 3 aliphatic carbocycles. The first-order valence-electron chi connectivity index (χ1n) is 11.9. The predicted octanol–water partition coefficient (Wildman–Crippen LogP) is 5.34. The van der Waals surface area contributed by atoms with E-state index < -0.39 is 0 Å². The minimum atomic E-state index is 0.118. The average Bonchev–Trinajstić information content (AvgIpc) is 3.09. The highest BCUT2D eigenvalue weighted by Crippen LogP contribution is 2.65. The van der Waals surface area contributed by atoms with Gasteiger partial charge in [-0.05, 0) is 86.5 Å². The van der Waals surface area contributed by atoms with Gasteiger partial charge >= 0.3 is 0 Å². The lowest BCUT2D eigenvalue weighted by Crippen LogP contribution is -2.60. The van der Waals surface area contributed by atoms with Gasteiger partial charge in [0, 0.05) is 36.7 Å². The number of fused-ring (bicyclic) bond motifs is 5. The van der Waals surface area contributed by atoms with Crippen LogP contribution < -0.4 is 4.74 Å². The molecule has 0 spiro atoms. The van der Waals surface area contributed by atoms with Crippen LogP contribution in [-0.4, -0.2) is 29.9 Å². The lowest BCUT2D eigenvalue weighted by Gasteiger charge is -2.62. The Kier molecular flexibility index (Phi) is 4.73. The van der Waals surface area contributed by atoms with E-state index in [0.29, 0.717) is 47.0 Å². The number of rotatable bonds is 2. The molecule has 3 fully saturated rings. The molecule has 4 nitrogen and oxygen atoms in total. The van der Waals surface area contributed by atoms with Crippen LogP contribution in [0.25, 0.3) is 0 Å². The standard InChI is InChI=1S/C27H34N2O2/c1-17-25-22(27(3)12-9-19(30)13-24(27)29(17)4)10-11-26(2)15-21(14-23(25)26)31-20-7-5-18(16-28)6-8-20/h5-8,13,17,21-23,25H,9-12,14-15H2,1-4H3/t17-,21+,22+,23+,25-,26-,27-/m1/s1. The highest BCUT2D eigenvalue weighted by atomic mass is 16.5. The van der Waals surface area contributed by atoms with Crippen LogP contribution in [0.4, 0.5) is 0 Å². The van der Waals surface area contributed by atoms with Gasteiger partial charge in [-0.15, -0.1) is 0 Å². The summed E-state index contributed by atoms with van der Waals surface area (Å²) in [6.07, 6.45) is 8.58. The molecule has 0 unspecified atom stereocenters. The van der Waals surface area contributed by atoms with Crippen molar-refractivity contribution in [2.45, 2.75) is 71.4 Å². The minimum absolute atomic E-state index is 0.118. The molecular formula is C27H34N2O2. The number of nitriles is 1. The van der Waals surface area contributed by atoms with Gasteiger partial charge < -0.3 is 9.64 Å². The summed E-state index contributed by atoms with van der Waals surface area (Å²) >= 11 is 0. The number of allylic oxidation sites excluding steroid dienone is 2. The Hall–Kier alpha value is -2.28. The molecule has 31 heavy (non-hydrogen) atoms. The summed E-state index contributed by atoms with van der Waals surface area (Å²) in [5, 5.41) is 9.04. The second kappa shape index (κ2) is 7.12. The first-order chi connectivity index (χ1) is 14.7. The van der Waals surface area contributed by atoms with Crippen molar-refractivity contribution >= 4 is 5.78 Å². The molecule has 2 saturated carbocycles. The Morgan fingerprint density at radius 1 is 1.16 bits per heavy atom. The van der Waals surface area contributed by atoms with Crippen molar-refractivity contribution in [3.05, 3.63) is 41.6 Å². The van der Waals surface area contributed by atoms with Gasteiger partial charge in [0.2, 0.25) is 0 Å². The van der Waals surface area contributed by atoms with Crippen molar-refractivity contribution in [1.29, 1.82) is 5.26 Å². The van der Waals surface area contributed by atoms with E-state index >= 15 is 0 Å². The SMILES string of the molecule is C[C@@H]1[C@H]2[C@@H]3C[C@H](Oc4ccc(C#N)cc4)C[C@@]3(C)CC[C@@H]2[C@@]2(C)CCC(=O)C=C2N1C. The molecule has 5 rings (SSSR count). The Labute approximate surface area is 186 Å². The maximum absolute atomic E-state index is 12.2. The molecule has 1 aromatic rings. The summed E-state index contributed by atoms with van der Waals surface area (Å²) < 4.78 is 6.44.